The molecular formula is C14H24F2N2O2. The quantitative estimate of drug-likeness (QED) is 0.745. The Labute approximate surface area is 118 Å². The molecule has 1 N–H and O–H groups in total. The van der Waals surface area contributed by atoms with Gasteiger partial charge in [-0.25, -0.2) is 13.6 Å². The van der Waals surface area contributed by atoms with E-state index in [2.05, 4.69) is 5.32 Å². The van der Waals surface area contributed by atoms with E-state index >= 15 is 0 Å². The topological polar surface area (TPSA) is 41.6 Å². The summed E-state index contributed by atoms with van der Waals surface area (Å²) < 4.78 is 34.2. The molecule has 20 heavy (non-hydrogen) atoms. The van der Waals surface area contributed by atoms with E-state index in [4.69, 9.17) is 4.74 Å². The largest absolute Gasteiger partial charge is 0.444 e. The van der Waals surface area contributed by atoms with Gasteiger partial charge in [-0.05, 0) is 53.1 Å². The van der Waals surface area contributed by atoms with Gasteiger partial charge >= 0.3 is 6.09 Å². The van der Waals surface area contributed by atoms with Crippen molar-refractivity contribution in [2.24, 2.45) is 5.41 Å². The number of rotatable bonds is 0. The van der Waals surface area contributed by atoms with Crippen LogP contribution >= 0.6 is 0 Å². The first kappa shape index (κ1) is 15.5. The number of ether oxygens (including phenoxy) is 1. The van der Waals surface area contributed by atoms with Gasteiger partial charge < -0.3 is 15.0 Å². The Kier molecular flexibility index (Phi) is 3.97. The van der Waals surface area contributed by atoms with E-state index in [1.165, 1.54) is 0 Å². The number of alkyl halides is 2. The van der Waals surface area contributed by atoms with E-state index in [0.29, 0.717) is 38.9 Å². The van der Waals surface area contributed by atoms with Crippen LogP contribution in [0.25, 0.3) is 0 Å². The van der Waals surface area contributed by atoms with E-state index in [0.717, 1.165) is 4.90 Å². The van der Waals surface area contributed by atoms with Crippen molar-refractivity contribution in [2.45, 2.75) is 51.6 Å². The molecule has 116 valence electrons. The van der Waals surface area contributed by atoms with Crippen LogP contribution in [0.1, 0.15) is 40.0 Å². The second kappa shape index (κ2) is 5.13. The van der Waals surface area contributed by atoms with Crippen LogP contribution in [0.5, 0.6) is 0 Å². The summed E-state index contributed by atoms with van der Waals surface area (Å²) in [7, 11) is 0. The Morgan fingerprint density at radius 3 is 2.30 bits per heavy atom. The zero-order chi connectivity index (χ0) is 15.0. The molecule has 2 aliphatic heterocycles. The second-order valence-corrected chi connectivity index (χ2v) is 6.89. The average Bonchev–Trinajstić information content (AvgIpc) is 2.32. The van der Waals surface area contributed by atoms with Gasteiger partial charge in [0.25, 0.3) is 5.92 Å². The molecule has 0 atom stereocenters. The molecule has 0 aromatic rings. The molecule has 2 fully saturated rings. The summed E-state index contributed by atoms with van der Waals surface area (Å²) >= 11 is 0. The maximum absolute atomic E-state index is 14.5. The highest BCUT2D eigenvalue weighted by Crippen LogP contribution is 2.49. The van der Waals surface area contributed by atoms with E-state index in [9.17, 15) is 13.6 Å². The Bertz CT molecular complexity index is 374. The number of nitrogens with zero attached hydrogens (tertiary/aromatic N) is 1. The van der Waals surface area contributed by atoms with Crippen molar-refractivity contribution >= 4 is 6.09 Å². The molecule has 4 nitrogen and oxygen atoms in total. The van der Waals surface area contributed by atoms with Gasteiger partial charge in [-0.15, -0.1) is 0 Å². The van der Waals surface area contributed by atoms with Gasteiger partial charge in [0.15, 0.2) is 0 Å². The highest BCUT2D eigenvalue weighted by molar-refractivity contribution is 5.68. The van der Waals surface area contributed by atoms with Crippen molar-refractivity contribution in [3.8, 4) is 0 Å². The standard InChI is InChI=1S/C14H24F2N2O2/c1-12(2,3)20-11(19)18-9-6-13(14(15,16)10-18)4-7-17-8-5-13/h17H,4-10H2,1-3H3. The first-order chi connectivity index (χ1) is 9.15. The minimum absolute atomic E-state index is 0.348. The SMILES string of the molecule is CC(C)(C)OC(=O)N1CCC2(CCNCC2)C(F)(F)C1. The fraction of sp³-hybridized carbons (Fsp3) is 0.929. The van der Waals surface area contributed by atoms with Crippen LogP contribution in [-0.2, 0) is 4.74 Å². The first-order valence-corrected chi connectivity index (χ1v) is 7.22. The van der Waals surface area contributed by atoms with Crippen molar-refractivity contribution in [2.75, 3.05) is 26.2 Å². The van der Waals surface area contributed by atoms with Crippen LogP contribution in [0.4, 0.5) is 13.6 Å². The number of amides is 1. The van der Waals surface area contributed by atoms with E-state index < -0.39 is 29.6 Å². The van der Waals surface area contributed by atoms with Crippen LogP contribution in [0.3, 0.4) is 0 Å². The zero-order valence-electron chi connectivity index (χ0n) is 12.5. The van der Waals surface area contributed by atoms with Crippen molar-refractivity contribution in [1.82, 2.24) is 10.2 Å². The Hall–Kier alpha value is -0.910. The molecule has 2 heterocycles. The van der Waals surface area contributed by atoms with Crippen LogP contribution in [0, 0.1) is 5.41 Å². The summed E-state index contributed by atoms with van der Waals surface area (Å²) in [5.74, 6) is -2.84. The smallest absolute Gasteiger partial charge is 0.410 e. The third kappa shape index (κ3) is 3.05. The average molecular weight is 290 g/mol. The molecule has 1 amide bonds. The number of halogens is 2. The second-order valence-electron chi connectivity index (χ2n) is 6.89. The summed E-state index contributed by atoms with van der Waals surface area (Å²) in [4.78, 5) is 13.1. The van der Waals surface area contributed by atoms with Crippen molar-refractivity contribution in [3.63, 3.8) is 0 Å². The monoisotopic (exact) mass is 290 g/mol. The lowest BCUT2D eigenvalue weighted by Crippen LogP contribution is -2.60. The lowest BCUT2D eigenvalue weighted by Gasteiger charge is -2.49. The zero-order valence-corrected chi connectivity index (χ0v) is 12.5. The van der Waals surface area contributed by atoms with E-state index in [-0.39, 0.29) is 0 Å². The molecule has 0 aromatic carbocycles. The van der Waals surface area contributed by atoms with Crippen LogP contribution in [0.15, 0.2) is 0 Å². The number of carbonyl (C=O) groups is 1. The molecule has 0 radical (unpaired) electrons. The van der Waals surface area contributed by atoms with Gasteiger partial charge in [-0.2, -0.15) is 0 Å². The molecule has 0 aliphatic carbocycles. The minimum Gasteiger partial charge on any atom is -0.444 e. The maximum Gasteiger partial charge on any atom is 0.410 e. The Balaban J connectivity index is 2.04. The fourth-order valence-corrected chi connectivity index (χ4v) is 3.02. The van der Waals surface area contributed by atoms with Gasteiger partial charge in [0.05, 0.1) is 6.54 Å². The van der Waals surface area contributed by atoms with Gasteiger partial charge in [0.2, 0.25) is 0 Å². The predicted molar refractivity (Wildman–Crippen MR) is 71.9 cm³/mol. The lowest BCUT2D eigenvalue weighted by molar-refractivity contribution is -0.176. The number of piperidine rings is 2. The molecule has 6 heteroatoms. The molecule has 0 bridgehead atoms. The molecular weight excluding hydrogens is 266 g/mol. The molecule has 2 aliphatic rings. The van der Waals surface area contributed by atoms with Gasteiger partial charge in [-0.1, -0.05) is 0 Å². The molecule has 1 spiro atoms. The summed E-state index contributed by atoms with van der Waals surface area (Å²) in [5, 5.41) is 3.12. The summed E-state index contributed by atoms with van der Waals surface area (Å²) in [6, 6.07) is 0. The van der Waals surface area contributed by atoms with Crippen molar-refractivity contribution in [3.05, 3.63) is 0 Å². The summed E-state index contributed by atoms with van der Waals surface area (Å²) in [6.07, 6.45) is 0.659. The number of hydrogen-bond acceptors (Lipinski definition) is 3. The molecule has 0 saturated carbocycles. The van der Waals surface area contributed by atoms with Gasteiger partial charge in [-0.3, -0.25) is 0 Å². The number of hydrogen-bond donors (Lipinski definition) is 1. The van der Waals surface area contributed by atoms with Crippen molar-refractivity contribution < 1.29 is 18.3 Å². The summed E-state index contributed by atoms with van der Waals surface area (Å²) in [5.41, 5.74) is -1.60. The van der Waals surface area contributed by atoms with Gasteiger partial charge in [0, 0.05) is 12.0 Å². The van der Waals surface area contributed by atoms with E-state index in [1.807, 2.05) is 0 Å². The van der Waals surface area contributed by atoms with Crippen molar-refractivity contribution in [1.29, 1.82) is 0 Å². The Morgan fingerprint density at radius 1 is 1.20 bits per heavy atom. The third-order valence-electron chi connectivity index (χ3n) is 4.24. The molecule has 0 unspecified atom stereocenters. The normalized spacial score (nSPS) is 25.6. The lowest BCUT2D eigenvalue weighted by atomic mass is 9.69. The minimum atomic E-state index is -2.84. The van der Waals surface area contributed by atoms with Crippen LogP contribution in [0.2, 0.25) is 0 Å². The van der Waals surface area contributed by atoms with Crippen LogP contribution < -0.4 is 5.32 Å². The molecule has 0 aromatic heterocycles. The number of carbonyl (C=O) groups excluding carboxylic acids is 1. The van der Waals surface area contributed by atoms with Crippen LogP contribution in [-0.4, -0.2) is 48.7 Å². The van der Waals surface area contributed by atoms with E-state index in [1.54, 1.807) is 20.8 Å². The number of nitrogens with one attached hydrogen (secondary N) is 1. The first-order valence-electron chi connectivity index (χ1n) is 7.22. The highest BCUT2D eigenvalue weighted by atomic mass is 19.3. The summed E-state index contributed by atoms with van der Waals surface area (Å²) in [6.45, 7) is 6.29. The highest BCUT2D eigenvalue weighted by Gasteiger charge is 2.57. The van der Waals surface area contributed by atoms with Gasteiger partial charge in [0.1, 0.15) is 5.60 Å². The molecule has 2 rings (SSSR count). The molecule has 2 saturated heterocycles. The third-order valence-corrected chi connectivity index (χ3v) is 4.24. The predicted octanol–water partition coefficient (Wildman–Crippen LogP) is 2.63. The maximum atomic E-state index is 14.5. The Morgan fingerprint density at radius 2 is 1.80 bits per heavy atom. The fourth-order valence-electron chi connectivity index (χ4n) is 3.02. The number of likely N-dealkylation sites (tertiary alicyclic amines) is 1.